The third-order valence-corrected chi connectivity index (χ3v) is 4.98. The Kier molecular flexibility index (Phi) is 6.59. The van der Waals surface area contributed by atoms with E-state index in [4.69, 9.17) is 0 Å². The maximum absolute atomic E-state index is 14.5. The van der Waals surface area contributed by atoms with Crippen LogP contribution in [0.4, 0.5) is 24.5 Å². The van der Waals surface area contributed by atoms with E-state index in [9.17, 15) is 18.0 Å². The Bertz CT molecular complexity index is 962. The first-order valence-electron chi connectivity index (χ1n) is 8.03. The fourth-order valence-electron chi connectivity index (χ4n) is 2.18. The largest absolute Gasteiger partial charge is 0.355 e. The molecule has 2 rings (SSSR count). The molecule has 0 atom stereocenters. The number of hydrogen-bond donors (Lipinski definition) is 2. The Hall–Kier alpha value is -1.99. The van der Waals surface area contributed by atoms with Gasteiger partial charge in [0.1, 0.15) is 13.9 Å². The Morgan fingerprint density at radius 2 is 1.78 bits per heavy atom. The normalized spacial score (nSPS) is 10.8. The van der Waals surface area contributed by atoms with Crippen LogP contribution in [-0.4, -0.2) is 21.0 Å². The highest BCUT2D eigenvalue weighted by molar-refractivity contribution is 14.1. The van der Waals surface area contributed by atoms with E-state index in [1.807, 2.05) is 42.2 Å². The lowest BCUT2D eigenvalue weighted by Crippen LogP contribution is -2.22. The first kappa shape index (κ1) is 21.3. The SMILES string of the molecule is CNC(=O)c1c(C#C[Si](C)(C)C)cc(F)c(F)c1Nc1ccc(I)cc1F. The summed E-state index contributed by atoms with van der Waals surface area (Å²) in [5, 5.41) is 4.92. The standard InChI is InChI=1S/C19H18F3IN2OSi/c1-24-19(26)16-11(7-8-27(2,3)4)9-14(21)17(22)18(16)25-15-6-5-12(23)10-13(15)20/h5-6,9-10,25H,1-4H3,(H,24,26). The molecule has 0 unspecified atom stereocenters. The van der Waals surface area contributed by atoms with Gasteiger partial charge in [0.25, 0.3) is 5.91 Å². The average Bonchev–Trinajstić information content (AvgIpc) is 2.58. The fourth-order valence-corrected chi connectivity index (χ4v) is 3.15. The highest BCUT2D eigenvalue weighted by Crippen LogP contribution is 2.31. The van der Waals surface area contributed by atoms with Crippen LogP contribution < -0.4 is 10.6 Å². The summed E-state index contributed by atoms with van der Waals surface area (Å²) < 4.78 is 43.5. The van der Waals surface area contributed by atoms with Crippen molar-refractivity contribution in [1.29, 1.82) is 0 Å². The van der Waals surface area contributed by atoms with Crippen molar-refractivity contribution in [2.24, 2.45) is 0 Å². The lowest BCUT2D eigenvalue weighted by molar-refractivity contribution is 0.0963. The molecule has 0 saturated heterocycles. The van der Waals surface area contributed by atoms with Gasteiger partial charge >= 0.3 is 0 Å². The van der Waals surface area contributed by atoms with Crippen molar-refractivity contribution in [3.05, 3.63) is 56.4 Å². The van der Waals surface area contributed by atoms with Crippen molar-refractivity contribution in [2.75, 3.05) is 12.4 Å². The van der Waals surface area contributed by atoms with Gasteiger partial charge in [-0.15, -0.1) is 5.54 Å². The molecule has 0 aliphatic rings. The Balaban J connectivity index is 2.71. The van der Waals surface area contributed by atoms with E-state index in [-0.39, 0.29) is 16.8 Å². The van der Waals surface area contributed by atoms with Gasteiger partial charge in [0.05, 0.1) is 16.9 Å². The number of hydrogen-bond acceptors (Lipinski definition) is 2. The Morgan fingerprint density at radius 1 is 1.11 bits per heavy atom. The molecule has 2 N–H and O–H groups in total. The Morgan fingerprint density at radius 3 is 2.33 bits per heavy atom. The molecule has 0 saturated carbocycles. The van der Waals surface area contributed by atoms with Crippen molar-refractivity contribution in [1.82, 2.24) is 5.32 Å². The van der Waals surface area contributed by atoms with Crippen molar-refractivity contribution in [2.45, 2.75) is 19.6 Å². The van der Waals surface area contributed by atoms with Crippen molar-refractivity contribution < 1.29 is 18.0 Å². The summed E-state index contributed by atoms with van der Waals surface area (Å²) >= 11 is 1.93. The Labute approximate surface area is 170 Å². The molecule has 2 aromatic rings. The molecule has 0 heterocycles. The number of anilines is 2. The molecule has 27 heavy (non-hydrogen) atoms. The molecule has 0 radical (unpaired) electrons. The van der Waals surface area contributed by atoms with Crippen LogP contribution >= 0.6 is 22.6 Å². The van der Waals surface area contributed by atoms with Gasteiger partial charge in [-0.05, 0) is 46.9 Å². The van der Waals surface area contributed by atoms with Crippen LogP contribution in [0.3, 0.4) is 0 Å². The molecule has 142 valence electrons. The van der Waals surface area contributed by atoms with Crippen molar-refractivity contribution >= 4 is 47.9 Å². The van der Waals surface area contributed by atoms with Crippen molar-refractivity contribution in [3.63, 3.8) is 0 Å². The van der Waals surface area contributed by atoms with E-state index in [2.05, 4.69) is 22.1 Å². The van der Waals surface area contributed by atoms with Gasteiger partial charge in [-0.1, -0.05) is 25.6 Å². The number of halogens is 4. The average molecular weight is 502 g/mol. The third-order valence-electron chi connectivity index (χ3n) is 3.44. The van der Waals surface area contributed by atoms with Gasteiger partial charge in [-0.25, -0.2) is 13.2 Å². The smallest absolute Gasteiger partial charge is 0.254 e. The molecule has 0 aliphatic heterocycles. The highest BCUT2D eigenvalue weighted by atomic mass is 127. The molecule has 8 heteroatoms. The second-order valence-electron chi connectivity index (χ2n) is 6.80. The van der Waals surface area contributed by atoms with Gasteiger partial charge in [-0.3, -0.25) is 4.79 Å². The predicted molar refractivity (Wildman–Crippen MR) is 112 cm³/mol. The van der Waals surface area contributed by atoms with Gasteiger partial charge in [0.2, 0.25) is 0 Å². The van der Waals surface area contributed by atoms with Crippen LogP contribution in [0.25, 0.3) is 0 Å². The summed E-state index contributed by atoms with van der Waals surface area (Å²) in [6.45, 7) is 5.96. The summed E-state index contributed by atoms with van der Waals surface area (Å²) in [6, 6.07) is 5.13. The summed E-state index contributed by atoms with van der Waals surface area (Å²) in [4.78, 5) is 12.4. The molecule has 0 aromatic heterocycles. The van der Waals surface area contributed by atoms with Gasteiger partial charge in [0, 0.05) is 16.2 Å². The number of amides is 1. The van der Waals surface area contributed by atoms with Gasteiger partial charge in [-0.2, -0.15) is 0 Å². The third kappa shape index (κ3) is 5.26. The molecule has 0 fully saturated rings. The molecule has 0 bridgehead atoms. The topological polar surface area (TPSA) is 41.1 Å². The number of carbonyl (C=O) groups excluding carboxylic acids is 1. The minimum Gasteiger partial charge on any atom is -0.355 e. The summed E-state index contributed by atoms with van der Waals surface area (Å²) in [7, 11) is -0.466. The number of carbonyl (C=O) groups is 1. The monoisotopic (exact) mass is 502 g/mol. The number of nitrogens with one attached hydrogen (secondary N) is 2. The summed E-state index contributed by atoms with van der Waals surface area (Å²) in [5.41, 5.74) is 2.39. The molecular weight excluding hydrogens is 484 g/mol. The molecular formula is C19H18F3IN2OSi. The summed E-state index contributed by atoms with van der Waals surface area (Å²) in [5.74, 6) is -0.948. The molecule has 0 aliphatic carbocycles. The maximum atomic E-state index is 14.5. The maximum Gasteiger partial charge on any atom is 0.254 e. The zero-order chi connectivity index (χ0) is 20.4. The second kappa shape index (κ2) is 8.35. The van der Waals surface area contributed by atoms with E-state index in [0.717, 1.165) is 6.07 Å². The van der Waals surface area contributed by atoms with Crippen LogP contribution in [0.1, 0.15) is 15.9 Å². The van der Waals surface area contributed by atoms with Crippen molar-refractivity contribution in [3.8, 4) is 11.5 Å². The minimum atomic E-state index is -1.84. The number of benzene rings is 2. The molecule has 1 amide bonds. The van der Waals surface area contributed by atoms with Gasteiger partial charge < -0.3 is 10.6 Å². The van der Waals surface area contributed by atoms with E-state index in [0.29, 0.717) is 3.57 Å². The predicted octanol–water partition coefficient (Wildman–Crippen LogP) is 5.04. The molecule has 0 spiro atoms. The fraction of sp³-hybridized carbons (Fsp3) is 0.211. The lowest BCUT2D eigenvalue weighted by Gasteiger charge is -2.16. The van der Waals surface area contributed by atoms with Crippen LogP contribution in [0.2, 0.25) is 19.6 Å². The molecule has 3 nitrogen and oxygen atoms in total. The quantitative estimate of drug-likeness (QED) is 0.351. The summed E-state index contributed by atoms with van der Waals surface area (Å²) in [6.07, 6.45) is 0. The first-order valence-corrected chi connectivity index (χ1v) is 12.6. The first-order chi connectivity index (χ1) is 12.5. The van der Waals surface area contributed by atoms with E-state index < -0.39 is 37.1 Å². The van der Waals surface area contributed by atoms with Gasteiger partial charge in [0.15, 0.2) is 11.6 Å². The molecule has 2 aromatic carbocycles. The zero-order valence-corrected chi connectivity index (χ0v) is 18.4. The van der Waals surface area contributed by atoms with Crippen LogP contribution in [0, 0.1) is 32.5 Å². The van der Waals surface area contributed by atoms with Crippen LogP contribution in [-0.2, 0) is 0 Å². The van der Waals surface area contributed by atoms with E-state index in [1.54, 1.807) is 6.07 Å². The second-order valence-corrected chi connectivity index (χ2v) is 12.8. The van der Waals surface area contributed by atoms with E-state index >= 15 is 0 Å². The minimum absolute atomic E-state index is 0.0455. The zero-order valence-electron chi connectivity index (χ0n) is 15.2. The highest BCUT2D eigenvalue weighted by Gasteiger charge is 2.24. The van der Waals surface area contributed by atoms with E-state index in [1.165, 1.54) is 19.2 Å². The lowest BCUT2D eigenvalue weighted by atomic mass is 10.0. The number of rotatable bonds is 3. The van der Waals surface area contributed by atoms with Crippen LogP contribution in [0.15, 0.2) is 24.3 Å². The van der Waals surface area contributed by atoms with Crippen LogP contribution in [0.5, 0.6) is 0 Å².